The second-order valence-corrected chi connectivity index (χ2v) is 2.29. The van der Waals surface area contributed by atoms with Gasteiger partial charge in [0.05, 0.1) is 11.4 Å². The van der Waals surface area contributed by atoms with Crippen molar-refractivity contribution in [3.8, 4) is 5.75 Å². The number of nitrogens with zero attached hydrogens (tertiary/aromatic N) is 1. The minimum atomic E-state index is 0.0972. The van der Waals surface area contributed by atoms with Gasteiger partial charge in [0.15, 0.2) is 5.75 Å². The molecule has 3 heteroatoms. The highest BCUT2D eigenvalue weighted by molar-refractivity contribution is 5.57. The average Bonchev–Trinajstić information content (AvgIpc) is 1.93. The maximum atomic E-state index is 9.20. The first-order valence-electron chi connectivity index (χ1n) is 3.03. The van der Waals surface area contributed by atoms with Crippen molar-refractivity contribution in [2.45, 2.75) is 13.8 Å². The lowest BCUT2D eigenvalue weighted by molar-refractivity contribution is 0.470. The Kier molecular flexibility index (Phi) is 1.49. The van der Waals surface area contributed by atoms with E-state index in [1.807, 2.05) is 6.92 Å². The van der Waals surface area contributed by atoms with Gasteiger partial charge in [0.2, 0.25) is 0 Å². The molecule has 0 aromatic carbocycles. The molecule has 3 N–H and O–H groups in total. The fraction of sp³-hybridized carbons (Fsp3) is 0.286. The third kappa shape index (κ3) is 0.900. The molecule has 1 rings (SSSR count). The molecule has 54 valence electrons. The van der Waals surface area contributed by atoms with E-state index in [4.69, 9.17) is 5.73 Å². The van der Waals surface area contributed by atoms with Gasteiger partial charge in [0.25, 0.3) is 0 Å². The van der Waals surface area contributed by atoms with Crippen LogP contribution in [-0.2, 0) is 0 Å². The van der Waals surface area contributed by atoms with Crippen LogP contribution in [-0.4, -0.2) is 10.1 Å². The van der Waals surface area contributed by atoms with E-state index < -0.39 is 0 Å². The quantitative estimate of drug-likeness (QED) is 0.562. The summed E-state index contributed by atoms with van der Waals surface area (Å²) in [5.41, 5.74) is 7.30. The lowest BCUT2D eigenvalue weighted by atomic mass is 10.2. The average molecular weight is 138 g/mol. The molecule has 0 saturated carbocycles. The van der Waals surface area contributed by atoms with Gasteiger partial charge in [-0.15, -0.1) is 0 Å². The summed E-state index contributed by atoms with van der Waals surface area (Å²) in [5.74, 6) is 0.0972. The lowest BCUT2D eigenvalue weighted by Gasteiger charge is -2.03. The van der Waals surface area contributed by atoms with Crippen molar-refractivity contribution in [3.63, 3.8) is 0 Å². The molecule has 0 fully saturated rings. The van der Waals surface area contributed by atoms with E-state index in [9.17, 15) is 5.11 Å². The number of aryl methyl sites for hydroxylation is 2. The Labute approximate surface area is 59.5 Å². The monoisotopic (exact) mass is 138 g/mol. The number of nitrogens with two attached hydrogens (primary N) is 1. The van der Waals surface area contributed by atoms with E-state index in [0.717, 1.165) is 5.56 Å². The highest BCUT2D eigenvalue weighted by Gasteiger charge is 2.03. The smallest absolute Gasteiger partial charge is 0.160 e. The van der Waals surface area contributed by atoms with E-state index in [2.05, 4.69) is 4.98 Å². The topological polar surface area (TPSA) is 59.1 Å². The van der Waals surface area contributed by atoms with E-state index in [1.165, 1.54) is 0 Å². The highest BCUT2D eigenvalue weighted by atomic mass is 16.3. The standard InChI is InChI=1S/C7H10N2O/c1-4-3-9-5(2)7(10)6(4)8/h3,10H,1-2H3,(H2,8,9). The number of nitrogen functional groups attached to an aromatic ring is 1. The van der Waals surface area contributed by atoms with Gasteiger partial charge < -0.3 is 10.8 Å². The number of rotatable bonds is 0. The normalized spacial score (nSPS) is 9.80. The third-order valence-electron chi connectivity index (χ3n) is 1.47. The largest absolute Gasteiger partial charge is 0.504 e. The molecule has 0 bridgehead atoms. The molecule has 10 heavy (non-hydrogen) atoms. The molecule has 0 amide bonds. The molecule has 0 aliphatic rings. The van der Waals surface area contributed by atoms with Gasteiger partial charge in [0, 0.05) is 6.20 Å². The van der Waals surface area contributed by atoms with Crippen LogP contribution in [0.5, 0.6) is 5.75 Å². The zero-order chi connectivity index (χ0) is 7.72. The fourth-order valence-corrected chi connectivity index (χ4v) is 0.706. The summed E-state index contributed by atoms with van der Waals surface area (Å²) in [5, 5.41) is 9.20. The molecule has 0 atom stereocenters. The van der Waals surface area contributed by atoms with Crippen molar-refractivity contribution < 1.29 is 5.11 Å². The molecule has 0 spiro atoms. The van der Waals surface area contributed by atoms with E-state index in [0.29, 0.717) is 11.4 Å². The number of aromatic nitrogens is 1. The van der Waals surface area contributed by atoms with Crippen molar-refractivity contribution in [3.05, 3.63) is 17.5 Å². The predicted octanol–water partition coefficient (Wildman–Crippen LogP) is 0.986. The Morgan fingerprint density at radius 1 is 1.50 bits per heavy atom. The van der Waals surface area contributed by atoms with Crippen molar-refractivity contribution in [2.24, 2.45) is 0 Å². The third-order valence-corrected chi connectivity index (χ3v) is 1.47. The summed E-state index contributed by atoms with van der Waals surface area (Å²) in [6, 6.07) is 0. The van der Waals surface area contributed by atoms with Gasteiger partial charge in [-0.1, -0.05) is 0 Å². The summed E-state index contributed by atoms with van der Waals surface area (Å²) in [6.07, 6.45) is 1.64. The number of pyridine rings is 1. The Balaban J connectivity index is 3.34. The second kappa shape index (κ2) is 2.17. The van der Waals surface area contributed by atoms with Crippen LogP contribution < -0.4 is 5.73 Å². The zero-order valence-corrected chi connectivity index (χ0v) is 6.05. The molecule has 0 aliphatic carbocycles. The van der Waals surface area contributed by atoms with Crippen LogP contribution in [0.3, 0.4) is 0 Å². The van der Waals surface area contributed by atoms with Crippen molar-refractivity contribution >= 4 is 5.69 Å². The number of anilines is 1. The highest BCUT2D eigenvalue weighted by Crippen LogP contribution is 2.24. The minimum absolute atomic E-state index is 0.0972. The molecule has 3 nitrogen and oxygen atoms in total. The van der Waals surface area contributed by atoms with Crippen LogP contribution in [0.15, 0.2) is 6.20 Å². The van der Waals surface area contributed by atoms with Crippen LogP contribution in [0.4, 0.5) is 5.69 Å². The van der Waals surface area contributed by atoms with Gasteiger partial charge in [-0.25, -0.2) is 0 Å². The summed E-state index contributed by atoms with van der Waals surface area (Å²) >= 11 is 0. The molecule has 1 aromatic rings. The summed E-state index contributed by atoms with van der Waals surface area (Å²) in [6.45, 7) is 3.52. The molecular weight excluding hydrogens is 128 g/mol. The van der Waals surface area contributed by atoms with Crippen LogP contribution in [0.2, 0.25) is 0 Å². The summed E-state index contributed by atoms with van der Waals surface area (Å²) in [7, 11) is 0. The van der Waals surface area contributed by atoms with Crippen molar-refractivity contribution in [1.82, 2.24) is 4.98 Å². The fourth-order valence-electron chi connectivity index (χ4n) is 0.706. The number of aromatic hydroxyl groups is 1. The van der Waals surface area contributed by atoms with Gasteiger partial charge in [-0.05, 0) is 19.4 Å². The first-order valence-corrected chi connectivity index (χ1v) is 3.03. The molecular formula is C7H10N2O. The lowest BCUT2D eigenvalue weighted by Crippen LogP contribution is -1.93. The molecule has 0 unspecified atom stereocenters. The Morgan fingerprint density at radius 2 is 2.10 bits per heavy atom. The summed E-state index contributed by atoms with van der Waals surface area (Å²) < 4.78 is 0. The van der Waals surface area contributed by atoms with Gasteiger partial charge in [-0.2, -0.15) is 0 Å². The van der Waals surface area contributed by atoms with Crippen LogP contribution >= 0.6 is 0 Å². The number of hydrogen-bond donors (Lipinski definition) is 2. The van der Waals surface area contributed by atoms with Gasteiger partial charge in [-0.3, -0.25) is 4.98 Å². The first kappa shape index (κ1) is 6.86. The Bertz CT molecular complexity index is 231. The minimum Gasteiger partial charge on any atom is -0.504 e. The van der Waals surface area contributed by atoms with Crippen molar-refractivity contribution in [1.29, 1.82) is 0 Å². The summed E-state index contributed by atoms with van der Waals surface area (Å²) in [4.78, 5) is 3.91. The van der Waals surface area contributed by atoms with Crippen LogP contribution in [0, 0.1) is 13.8 Å². The first-order chi connectivity index (χ1) is 4.63. The Morgan fingerprint density at radius 3 is 2.60 bits per heavy atom. The maximum absolute atomic E-state index is 9.20. The molecule has 0 aliphatic heterocycles. The SMILES string of the molecule is Cc1cnc(C)c(O)c1N. The molecule has 0 saturated heterocycles. The van der Waals surface area contributed by atoms with Gasteiger partial charge in [0.1, 0.15) is 0 Å². The molecule has 0 radical (unpaired) electrons. The van der Waals surface area contributed by atoms with Crippen molar-refractivity contribution in [2.75, 3.05) is 5.73 Å². The van der Waals surface area contributed by atoms with Gasteiger partial charge >= 0.3 is 0 Å². The molecule has 1 heterocycles. The Hall–Kier alpha value is -1.25. The zero-order valence-electron chi connectivity index (χ0n) is 6.05. The second-order valence-electron chi connectivity index (χ2n) is 2.29. The molecule has 1 aromatic heterocycles. The van der Waals surface area contributed by atoms with E-state index in [1.54, 1.807) is 13.1 Å². The van der Waals surface area contributed by atoms with E-state index in [-0.39, 0.29) is 5.75 Å². The van der Waals surface area contributed by atoms with Crippen LogP contribution in [0.25, 0.3) is 0 Å². The number of hydrogen-bond acceptors (Lipinski definition) is 3. The van der Waals surface area contributed by atoms with Crippen LogP contribution in [0.1, 0.15) is 11.3 Å². The van der Waals surface area contributed by atoms with E-state index >= 15 is 0 Å². The predicted molar refractivity (Wildman–Crippen MR) is 39.8 cm³/mol. The maximum Gasteiger partial charge on any atom is 0.160 e.